The lowest BCUT2D eigenvalue weighted by Crippen LogP contribution is -2.31. The fraction of sp³-hybridized carbons (Fsp3) is 0.556. The predicted molar refractivity (Wildman–Crippen MR) is 50.7 cm³/mol. The second-order valence-corrected chi connectivity index (χ2v) is 3.45. The number of hydrogen-bond donors (Lipinski definition) is 2. The Bertz CT molecular complexity index is 327. The molecule has 0 saturated carbocycles. The zero-order chi connectivity index (χ0) is 9.97. The quantitative estimate of drug-likeness (QED) is 0.677. The summed E-state index contributed by atoms with van der Waals surface area (Å²) in [6.45, 7) is 1.95. The fourth-order valence-corrected chi connectivity index (χ4v) is 1.82. The normalized spacial score (nSPS) is 18.3. The highest BCUT2D eigenvalue weighted by molar-refractivity contribution is 5.89. The largest absolute Gasteiger partial charge is 0.363 e. The summed E-state index contributed by atoms with van der Waals surface area (Å²) in [4.78, 5) is 14.9. The minimum absolute atomic E-state index is 0.317. The van der Waals surface area contributed by atoms with Gasteiger partial charge in [-0.05, 0) is 25.9 Å². The van der Waals surface area contributed by atoms with Crippen molar-refractivity contribution in [3.63, 3.8) is 0 Å². The Kier molecular flexibility index (Phi) is 2.49. The van der Waals surface area contributed by atoms with Gasteiger partial charge >= 0.3 is 0 Å². The number of piperidine rings is 1. The monoisotopic (exact) mass is 193 g/mol. The molecule has 1 radical (unpaired) electrons. The number of nitrogens with two attached hydrogens (primary N) is 1. The SMILES string of the molecule is NC(=O)c1n[c]cn1C1CCNCC1. The summed E-state index contributed by atoms with van der Waals surface area (Å²) in [7, 11) is 0. The molecule has 14 heavy (non-hydrogen) atoms. The van der Waals surface area contributed by atoms with Crippen LogP contribution in [0, 0.1) is 6.20 Å². The minimum Gasteiger partial charge on any atom is -0.363 e. The van der Waals surface area contributed by atoms with E-state index in [0.29, 0.717) is 11.9 Å². The van der Waals surface area contributed by atoms with Crippen molar-refractivity contribution in [3.05, 3.63) is 18.2 Å². The van der Waals surface area contributed by atoms with Gasteiger partial charge in [0.25, 0.3) is 5.91 Å². The molecular formula is C9H13N4O. The smallest absolute Gasteiger partial charge is 0.284 e. The van der Waals surface area contributed by atoms with E-state index in [1.807, 2.05) is 4.57 Å². The maximum atomic E-state index is 11.0. The van der Waals surface area contributed by atoms with E-state index in [0.717, 1.165) is 25.9 Å². The topological polar surface area (TPSA) is 72.9 Å². The Balaban J connectivity index is 2.21. The van der Waals surface area contributed by atoms with Gasteiger partial charge in [-0.2, -0.15) is 0 Å². The van der Waals surface area contributed by atoms with E-state index in [2.05, 4.69) is 16.5 Å². The third-order valence-corrected chi connectivity index (χ3v) is 2.53. The zero-order valence-electron chi connectivity index (χ0n) is 7.86. The van der Waals surface area contributed by atoms with Gasteiger partial charge in [0, 0.05) is 12.2 Å². The number of hydrogen-bond acceptors (Lipinski definition) is 3. The molecule has 0 atom stereocenters. The van der Waals surface area contributed by atoms with Gasteiger partial charge in [0.2, 0.25) is 0 Å². The van der Waals surface area contributed by atoms with Crippen LogP contribution < -0.4 is 11.1 Å². The van der Waals surface area contributed by atoms with Crippen molar-refractivity contribution in [1.82, 2.24) is 14.9 Å². The summed E-state index contributed by atoms with van der Waals surface area (Å²) in [5, 5.41) is 3.27. The number of primary amides is 1. The molecule has 2 heterocycles. The molecule has 1 saturated heterocycles. The van der Waals surface area contributed by atoms with Gasteiger partial charge in [-0.15, -0.1) is 0 Å². The van der Waals surface area contributed by atoms with Crippen LogP contribution in [-0.2, 0) is 0 Å². The first-order valence-corrected chi connectivity index (χ1v) is 4.74. The summed E-state index contributed by atoms with van der Waals surface area (Å²) in [6.07, 6.45) is 6.38. The van der Waals surface area contributed by atoms with Crippen LogP contribution in [0.1, 0.15) is 29.5 Å². The standard InChI is InChI=1S/C9H13N4O/c10-8(14)9-12-5-6-13(9)7-1-3-11-4-2-7/h6-7,11H,1-4H2,(H2,10,14). The average Bonchev–Trinajstić information content (AvgIpc) is 2.67. The number of rotatable bonds is 2. The highest BCUT2D eigenvalue weighted by atomic mass is 16.1. The maximum Gasteiger partial charge on any atom is 0.284 e. The first-order valence-electron chi connectivity index (χ1n) is 4.74. The van der Waals surface area contributed by atoms with Crippen LogP contribution in [0.15, 0.2) is 6.20 Å². The summed E-state index contributed by atoms with van der Waals surface area (Å²) in [5.41, 5.74) is 5.21. The zero-order valence-corrected chi connectivity index (χ0v) is 7.86. The summed E-state index contributed by atoms with van der Waals surface area (Å²) >= 11 is 0. The highest BCUT2D eigenvalue weighted by Gasteiger charge is 2.19. The fourth-order valence-electron chi connectivity index (χ4n) is 1.82. The molecule has 0 aromatic carbocycles. The van der Waals surface area contributed by atoms with Gasteiger partial charge in [-0.1, -0.05) is 0 Å². The van der Waals surface area contributed by atoms with Crippen LogP contribution in [0.4, 0.5) is 0 Å². The Morgan fingerprint density at radius 1 is 1.64 bits per heavy atom. The Morgan fingerprint density at radius 2 is 2.36 bits per heavy atom. The molecule has 1 aliphatic heterocycles. The molecule has 1 fully saturated rings. The third-order valence-electron chi connectivity index (χ3n) is 2.53. The van der Waals surface area contributed by atoms with E-state index in [4.69, 9.17) is 5.73 Å². The van der Waals surface area contributed by atoms with Crippen molar-refractivity contribution < 1.29 is 4.79 Å². The molecule has 2 rings (SSSR count). The highest BCUT2D eigenvalue weighted by Crippen LogP contribution is 2.19. The Hall–Kier alpha value is -1.36. The first kappa shape index (κ1) is 9.21. The molecule has 75 valence electrons. The lowest BCUT2D eigenvalue weighted by atomic mass is 10.1. The molecule has 1 aromatic rings. The summed E-state index contributed by atoms with van der Waals surface area (Å²) in [6, 6.07) is 0.331. The molecule has 0 aliphatic carbocycles. The number of carbonyl (C=O) groups excluding carboxylic acids is 1. The number of imidazole rings is 1. The summed E-state index contributed by atoms with van der Waals surface area (Å²) in [5.74, 6) is -0.165. The van der Waals surface area contributed by atoms with Gasteiger partial charge in [0.05, 0.1) is 0 Å². The van der Waals surface area contributed by atoms with Crippen LogP contribution in [-0.4, -0.2) is 28.5 Å². The van der Waals surface area contributed by atoms with E-state index >= 15 is 0 Å². The van der Waals surface area contributed by atoms with E-state index in [9.17, 15) is 4.79 Å². The van der Waals surface area contributed by atoms with Gasteiger partial charge < -0.3 is 15.6 Å². The van der Waals surface area contributed by atoms with Crippen molar-refractivity contribution in [1.29, 1.82) is 0 Å². The van der Waals surface area contributed by atoms with E-state index in [1.165, 1.54) is 0 Å². The molecule has 5 heteroatoms. The Labute approximate surface area is 82.3 Å². The minimum atomic E-state index is -0.482. The van der Waals surface area contributed by atoms with E-state index in [1.54, 1.807) is 6.20 Å². The molecule has 0 spiro atoms. The van der Waals surface area contributed by atoms with Gasteiger partial charge in [0.15, 0.2) is 5.82 Å². The molecule has 1 aliphatic rings. The van der Waals surface area contributed by atoms with E-state index < -0.39 is 5.91 Å². The van der Waals surface area contributed by atoms with Crippen molar-refractivity contribution in [2.75, 3.05) is 13.1 Å². The van der Waals surface area contributed by atoms with Crippen molar-refractivity contribution in [2.45, 2.75) is 18.9 Å². The number of amides is 1. The predicted octanol–water partition coefficient (Wildman–Crippen LogP) is -0.293. The van der Waals surface area contributed by atoms with E-state index in [-0.39, 0.29) is 0 Å². The molecule has 0 bridgehead atoms. The van der Waals surface area contributed by atoms with Crippen LogP contribution in [0.5, 0.6) is 0 Å². The molecule has 5 nitrogen and oxygen atoms in total. The molecule has 1 amide bonds. The lowest BCUT2D eigenvalue weighted by Gasteiger charge is -2.24. The number of carbonyl (C=O) groups is 1. The first-order chi connectivity index (χ1) is 6.79. The van der Waals surface area contributed by atoms with Gasteiger partial charge in [-0.3, -0.25) is 4.79 Å². The van der Waals surface area contributed by atoms with Crippen LogP contribution in [0.25, 0.3) is 0 Å². The Morgan fingerprint density at radius 3 is 3.00 bits per heavy atom. The molecule has 1 aromatic heterocycles. The number of aromatic nitrogens is 2. The third kappa shape index (κ3) is 1.63. The van der Waals surface area contributed by atoms with Crippen LogP contribution in [0.3, 0.4) is 0 Å². The molecule has 3 N–H and O–H groups in total. The van der Waals surface area contributed by atoms with Crippen LogP contribution in [0.2, 0.25) is 0 Å². The van der Waals surface area contributed by atoms with Crippen molar-refractivity contribution in [3.8, 4) is 0 Å². The van der Waals surface area contributed by atoms with Crippen molar-refractivity contribution >= 4 is 5.91 Å². The van der Waals surface area contributed by atoms with Crippen molar-refractivity contribution in [2.24, 2.45) is 5.73 Å². The second-order valence-electron chi connectivity index (χ2n) is 3.45. The van der Waals surface area contributed by atoms with Gasteiger partial charge in [-0.25, -0.2) is 4.98 Å². The molecular weight excluding hydrogens is 180 g/mol. The number of nitrogens with zero attached hydrogens (tertiary/aromatic N) is 2. The van der Waals surface area contributed by atoms with Gasteiger partial charge in [0.1, 0.15) is 6.20 Å². The second kappa shape index (κ2) is 3.79. The van der Waals surface area contributed by atoms with Crippen LogP contribution >= 0.6 is 0 Å². The summed E-state index contributed by atoms with van der Waals surface area (Å²) < 4.78 is 1.84. The average molecular weight is 193 g/mol. The maximum absolute atomic E-state index is 11.0. The number of nitrogens with one attached hydrogen (secondary N) is 1. The lowest BCUT2D eigenvalue weighted by molar-refractivity contribution is 0.0982. The molecule has 0 unspecified atom stereocenters.